The molecule has 1 aromatic heterocycles. The Balaban J connectivity index is 1.95. The standard InChI is InChI=1S/C22H27FN4O4/c1-15(18-9-12-31-24-18)26(4)19(28)13-22(16-7-5-6-8-17(16)23)14-20(29)27(21(22)30)11-10-25(2)3/h5-9,12,15H,10-11,13-14H2,1-4H3/t15-,22-/m1/s1. The molecule has 3 amide bonds. The van der Waals surface area contributed by atoms with Crippen LogP contribution in [0.4, 0.5) is 4.39 Å². The van der Waals surface area contributed by atoms with Crippen LogP contribution in [0.3, 0.4) is 0 Å². The van der Waals surface area contributed by atoms with Crippen LogP contribution >= 0.6 is 0 Å². The van der Waals surface area contributed by atoms with E-state index in [4.69, 9.17) is 4.52 Å². The number of benzene rings is 1. The second-order valence-corrected chi connectivity index (χ2v) is 8.17. The highest BCUT2D eigenvalue weighted by atomic mass is 19.1. The van der Waals surface area contributed by atoms with Crippen molar-refractivity contribution in [1.82, 2.24) is 19.9 Å². The first-order valence-electron chi connectivity index (χ1n) is 10.1. The number of nitrogens with zero attached hydrogens (tertiary/aromatic N) is 4. The summed E-state index contributed by atoms with van der Waals surface area (Å²) in [6.07, 6.45) is 0.834. The van der Waals surface area contributed by atoms with E-state index in [1.165, 1.54) is 29.4 Å². The molecule has 0 unspecified atom stereocenters. The van der Waals surface area contributed by atoms with Crippen LogP contribution in [-0.4, -0.2) is 71.8 Å². The molecule has 2 atom stereocenters. The zero-order chi connectivity index (χ0) is 22.8. The lowest BCUT2D eigenvalue weighted by molar-refractivity contribution is -0.143. The van der Waals surface area contributed by atoms with Crippen LogP contribution in [0.25, 0.3) is 0 Å². The molecule has 31 heavy (non-hydrogen) atoms. The zero-order valence-electron chi connectivity index (χ0n) is 18.2. The molecule has 8 nitrogen and oxygen atoms in total. The SMILES string of the molecule is C[C@H](c1ccon1)N(C)C(=O)C[C@]1(c2ccccc2F)CC(=O)N(CCN(C)C)C1=O. The molecule has 0 aliphatic carbocycles. The van der Waals surface area contributed by atoms with Crippen LogP contribution in [0.2, 0.25) is 0 Å². The number of carbonyl (C=O) groups excluding carboxylic acids is 3. The van der Waals surface area contributed by atoms with Crippen LogP contribution < -0.4 is 0 Å². The Morgan fingerprint density at radius 1 is 1.26 bits per heavy atom. The van der Waals surface area contributed by atoms with Crippen molar-refractivity contribution in [3.8, 4) is 0 Å². The van der Waals surface area contributed by atoms with E-state index in [0.717, 1.165) is 4.90 Å². The summed E-state index contributed by atoms with van der Waals surface area (Å²) in [6.45, 7) is 2.43. The minimum atomic E-state index is -1.58. The first-order valence-corrected chi connectivity index (χ1v) is 10.1. The first-order chi connectivity index (χ1) is 14.7. The molecule has 166 valence electrons. The van der Waals surface area contributed by atoms with Gasteiger partial charge < -0.3 is 14.3 Å². The van der Waals surface area contributed by atoms with E-state index in [-0.39, 0.29) is 24.9 Å². The Labute approximate surface area is 180 Å². The van der Waals surface area contributed by atoms with E-state index in [1.54, 1.807) is 26.1 Å². The van der Waals surface area contributed by atoms with Gasteiger partial charge in [-0.3, -0.25) is 19.3 Å². The van der Waals surface area contributed by atoms with Crippen molar-refractivity contribution in [2.24, 2.45) is 0 Å². The average Bonchev–Trinajstić information content (AvgIpc) is 3.34. The molecule has 1 aliphatic heterocycles. The fourth-order valence-electron chi connectivity index (χ4n) is 3.85. The maximum atomic E-state index is 14.8. The highest BCUT2D eigenvalue weighted by Gasteiger charge is 2.55. The van der Waals surface area contributed by atoms with Crippen molar-refractivity contribution < 1.29 is 23.3 Å². The zero-order valence-corrected chi connectivity index (χ0v) is 18.2. The van der Waals surface area contributed by atoms with E-state index in [0.29, 0.717) is 12.2 Å². The molecule has 1 saturated heterocycles. The summed E-state index contributed by atoms with van der Waals surface area (Å²) >= 11 is 0. The molecule has 2 aromatic rings. The number of imide groups is 1. The molecule has 1 aromatic carbocycles. The maximum Gasteiger partial charge on any atom is 0.241 e. The summed E-state index contributed by atoms with van der Waals surface area (Å²) in [5.41, 5.74) is -0.961. The molecule has 0 bridgehead atoms. The van der Waals surface area contributed by atoms with Crippen LogP contribution in [0.15, 0.2) is 41.1 Å². The largest absolute Gasteiger partial charge is 0.364 e. The summed E-state index contributed by atoms with van der Waals surface area (Å²) in [4.78, 5) is 43.9. The van der Waals surface area contributed by atoms with Gasteiger partial charge in [0.15, 0.2) is 0 Å². The lowest BCUT2D eigenvalue weighted by Crippen LogP contribution is -2.45. The number of hydrogen-bond donors (Lipinski definition) is 0. The van der Waals surface area contributed by atoms with Crippen LogP contribution in [0.1, 0.15) is 37.1 Å². The molecule has 0 saturated carbocycles. The van der Waals surface area contributed by atoms with E-state index >= 15 is 0 Å². The van der Waals surface area contributed by atoms with Crippen LogP contribution in [0.5, 0.6) is 0 Å². The van der Waals surface area contributed by atoms with Gasteiger partial charge in [-0.05, 0) is 27.1 Å². The molecule has 1 aliphatic rings. The lowest BCUT2D eigenvalue weighted by Gasteiger charge is -2.31. The predicted molar refractivity (Wildman–Crippen MR) is 110 cm³/mol. The monoisotopic (exact) mass is 430 g/mol. The van der Waals surface area contributed by atoms with Crippen LogP contribution in [0, 0.1) is 5.82 Å². The number of hydrogen-bond acceptors (Lipinski definition) is 6. The van der Waals surface area contributed by atoms with Gasteiger partial charge in [-0.2, -0.15) is 0 Å². The number of halogens is 1. The Morgan fingerprint density at radius 2 is 1.97 bits per heavy atom. The summed E-state index contributed by atoms with van der Waals surface area (Å²) in [6, 6.07) is 7.06. The Kier molecular flexibility index (Phi) is 6.54. The quantitative estimate of drug-likeness (QED) is 0.596. The van der Waals surface area contributed by atoms with Crippen molar-refractivity contribution in [1.29, 1.82) is 0 Å². The number of rotatable bonds is 8. The molecule has 2 heterocycles. The third-order valence-electron chi connectivity index (χ3n) is 5.88. The number of aromatic nitrogens is 1. The van der Waals surface area contributed by atoms with Gasteiger partial charge in [-0.25, -0.2) is 4.39 Å². The number of amides is 3. The van der Waals surface area contributed by atoms with Crippen LogP contribution in [-0.2, 0) is 19.8 Å². The lowest BCUT2D eigenvalue weighted by atomic mass is 9.75. The van der Waals surface area contributed by atoms with E-state index < -0.39 is 35.0 Å². The fourth-order valence-corrected chi connectivity index (χ4v) is 3.85. The third-order valence-corrected chi connectivity index (χ3v) is 5.88. The summed E-state index contributed by atoms with van der Waals surface area (Å²) in [5.74, 6) is -1.96. The Hall–Kier alpha value is -3.07. The topological polar surface area (TPSA) is 87.0 Å². The minimum absolute atomic E-state index is 0.0662. The van der Waals surface area contributed by atoms with Crippen molar-refractivity contribution in [2.75, 3.05) is 34.2 Å². The van der Waals surface area contributed by atoms with Gasteiger partial charge in [0.1, 0.15) is 17.8 Å². The highest BCUT2D eigenvalue weighted by molar-refractivity contribution is 6.10. The van der Waals surface area contributed by atoms with Gasteiger partial charge in [0.2, 0.25) is 17.7 Å². The van der Waals surface area contributed by atoms with Crippen molar-refractivity contribution in [2.45, 2.75) is 31.2 Å². The molecular formula is C22H27FN4O4. The molecule has 0 N–H and O–H groups in total. The molecular weight excluding hydrogens is 403 g/mol. The first kappa shape index (κ1) is 22.6. The van der Waals surface area contributed by atoms with E-state index in [1.807, 2.05) is 19.0 Å². The minimum Gasteiger partial charge on any atom is -0.364 e. The predicted octanol–water partition coefficient (Wildman–Crippen LogP) is 1.98. The Morgan fingerprint density at radius 3 is 2.58 bits per heavy atom. The normalized spacial score (nSPS) is 19.9. The summed E-state index contributed by atoms with van der Waals surface area (Å²) in [5, 5.41) is 3.86. The Bertz CT molecular complexity index is 962. The summed E-state index contributed by atoms with van der Waals surface area (Å²) in [7, 11) is 5.25. The molecule has 0 spiro atoms. The average molecular weight is 430 g/mol. The summed E-state index contributed by atoms with van der Waals surface area (Å²) < 4.78 is 19.7. The van der Waals surface area contributed by atoms with Gasteiger partial charge in [-0.15, -0.1) is 0 Å². The van der Waals surface area contributed by atoms with Crippen molar-refractivity contribution in [3.63, 3.8) is 0 Å². The molecule has 9 heteroatoms. The fraction of sp³-hybridized carbons (Fsp3) is 0.455. The maximum absolute atomic E-state index is 14.8. The number of likely N-dealkylation sites (tertiary alicyclic amines) is 1. The molecule has 3 rings (SSSR count). The van der Waals surface area contributed by atoms with Gasteiger partial charge in [0, 0.05) is 44.6 Å². The molecule has 0 radical (unpaired) electrons. The number of likely N-dealkylation sites (N-methyl/N-ethyl adjacent to an activating group) is 1. The van der Waals surface area contributed by atoms with Gasteiger partial charge in [0.05, 0.1) is 11.5 Å². The number of carbonyl (C=O) groups is 3. The molecule has 1 fully saturated rings. The van der Waals surface area contributed by atoms with Crippen molar-refractivity contribution in [3.05, 3.63) is 53.7 Å². The van der Waals surface area contributed by atoms with Gasteiger partial charge >= 0.3 is 0 Å². The van der Waals surface area contributed by atoms with E-state index in [2.05, 4.69) is 5.16 Å². The third kappa shape index (κ3) is 4.36. The second-order valence-electron chi connectivity index (χ2n) is 8.17. The smallest absolute Gasteiger partial charge is 0.241 e. The second kappa shape index (κ2) is 8.97. The van der Waals surface area contributed by atoms with Crippen molar-refractivity contribution >= 4 is 17.7 Å². The highest BCUT2D eigenvalue weighted by Crippen LogP contribution is 2.41. The van der Waals surface area contributed by atoms with Gasteiger partial charge in [-0.1, -0.05) is 23.4 Å². The van der Waals surface area contributed by atoms with E-state index in [9.17, 15) is 18.8 Å². The van der Waals surface area contributed by atoms with Gasteiger partial charge in [0.25, 0.3) is 0 Å².